The van der Waals surface area contributed by atoms with E-state index in [1.165, 1.54) is 5.56 Å². The summed E-state index contributed by atoms with van der Waals surface area (Å²) in [6.07, 6.45) is 1.60. The number of sulfone groups is 1. The van der Waals surface area contributed by atoms with Gasteiger partial charge >= 0.3 is 0 Å². The van der Waals surface area contributed by atoms with Crippen LogP contribution in [0.3, 0.4) is 0 Å². The first-order valence-corrected chi connectivity index (χ1v) is 12.2. The van der Waals surface area contributed by atoms with Crippen molar-refractivity contribution in [3.63, 3.8) is 0 Å². The lowest BCUT2D eigenvalue weighted by Crippen LogP contribution is -2.45. The summed E-state index contributed by atoms with van der Waals surface area (Å²) in [6, 6.07) is 6.06. The molecule has 2 fully saturated rings. The second kappa shape index (κ2) is 9.52. The highest BCUT2D eigenvalue weighted by Gasteiger charge is 2.33. The summed E-state index contributed by atoms with van der Waals surface area (Å²) in [5.74, 6) is 0.447. The first-order chi connectivity index (χ1) is 13.4. The van der Waals surface area contributed by atoms with Gasteiger partial charge in [-0.15, -0.1) is 0 Å². The fourth-order valence-electron chi connectivity index (χ4n) is 3.83. The number of nitrogens with one attached hydrogen (secondary N) is 1. The van der Waals surface area contributed by atoms with Crippen LogP contribution in [-0.4, -0.2) is 80.3 Å². The summed E-state index contributed by atoms with van der Waals surface area (Å²) in [4.78, 5) is 4.50. The van der Waals surface area contributed by atoms with Crippen molar-refractivity contribution in [3.05, 3.63) is 29.3 Å². The van der Waals surface area contributed by atoms with Crippen LogP contribution in [-0.2, 0) is 14.6 Å². The molecule has 28 heavy (non-hydrogen) atoms. The van der Waals surface area contributed by atoms with Gasteiger partial charge in [0.05, 0.1) is 24.7 Å². The van der Waals surface area contributed by atoms with Crippen molar-refractivity contribution in [2.45, 2.75) is 32.7 Å². The molecule has 156 valence electrons. The van der Waals surface area contributed by atoms with E-state index in [4.69, 9.17) is 17.0 Å². The summed E-state index contributed by atoms with van der Waals surface area (Å²) in [5.41, 5.74) is 3.36. The van der Waals surface area contributed by atoms with Gasteiger partial charge < -0.3 is 15.0 Å². The predicted octanol–water partition coefficient (Wildman–Crippen LogP) is 2.21. The van der Waals surface area contributed by atoms with Gasteiger partial charge in [0.2, 0.25) is 0 Å². The number of hydrogen-bond donors (Lipinski definition) is 1. The Labute approximate surface area is 174 Å². The molecular formula is C20H31N3O3S2. The van der Waals surface area contributed by atoms with Crippen molar-refractivity contribution in [2.75, 3.05) is 56.2 Å². The average molecular weight is 426 g/mol. The van der Waals surface area contributed by atoms with Crippen molar-refractivity contribution < 1.29 is 13.2 Å². The minimum Gasteiger partial charge on any atom is -0.379 e. The van der Waals surface area contributed by atoms with E-state index in [9.17, 15) is 8.42 Å². The van der Waals surface area contributed by atoms with Gasteiger partial charge in [0.25, 0.3) is 0 Å². The zero-order valence-corrected chi connectivity index (χ0v) is 18.4. The smallest absolute Gasteiger partial charge is 0.173 e. The zero-order valence-electron chi connectivity index (χ0n) is 16.8. The number of benzene rings is 1. The SMILES string of the molecule is Cc1cccc(NC(=S)N(CCCN2CCOCC2)[C@@H]2CCS(=O)(=O)C2)c1C. The Bertz CT molecular complexity index is 792. The van der Waals surface area contributed by atoms with Gasteiger partial charge in [-0.25, -0.2) is 8.42 Å². The largest absolute Gasteiger partial charge is 0.379 e. The molecule has 8 heteroatoms. The number of nitrogens with zero attached hydrogens (tertiary/aromatic N) is 2. The monoisotopic (exact) mass is 425 g/mol. The molecule has 0 aliphatic carbocycles. The maximum atomic E-state index is 12.0. The summed E-state index contributed by atoms with van der Waals surface area (Å²) < 4.78 is 29.5. The van der Waals surface area contributed by atoms with Crippen molar-refractivity contribution >= 4 is 32.9 Å². The van der Waals surface area contributed by atoms with E-state index in [2.05, 4.69) is 35.0 Å². The highest BCUT2D eigenvalue weighted by atomic mass is 32.2. The van der Waals surface area contributed by atoms with Crippen molar-refractivity contribution in [2.24, 2.45) is 0 Å². The minimum absolute atomic E-state index is 0.0418. The number of anilines is 1. The van der Waals surface area contributed by atoms with Crippen LogP contribution >= 0.6 is 12.2 Å². The molecule has 0 spiro atoms. The van der Waals surface area contributed by atoms with Gasteiger partial charge in [0.1, 0.15) is 0 Å². The van der Waals surface area contributed by atoms with Gasteiger partial charge in [0, 0.05) is 37.9 Å². The molecule has 3 rings (SSSR count). The molecule has 0 amide bonds. The van der Waals surface area contributed by atoms with Gasteiger partial charge in [-0.2, -0.15) is 0 Å². The highest BCUT2D eigenvalue weighted by Crippen LogP contribution is 2.22. The second-order valence-corrected chi connectivity index (χ2v) is 10.4. The zero-order chi connectivity index (χ0) is 20.1. The van der Waals surface area contributed by atoms with E-state index < -0.39 is 9.84 Å². The number of morpholine rings is 1. The van der Waals surface area contributed by atoms with Crippen LogP contribution in [0, 0.1) is 13.8 Å². The summed E-state index contributed by atoms with van der Waals surface area (Å²) >= 11 is 5.73. The molecule has 0 radical (unpaired) electrons. The van der Waals surface area contributed by atoms with E-state index >= 15 is 0 Å². The lowest BCUT2D eigenvalue weighted by molar-refractivity contribution is 0.0366. The van der Waals surface area contributed by atoms with E-state index in [-0.39, 0.29) is 17.5 Å². The Morgan fingerprint density at radius 3 is 2.75 bits per heavy atom. The topological polar surface area (TPSA) is 61.9 Å². The number of thiocarbonyl (C=S) groups is 1. The fourth-order valence-corrected chi connectivity index (χ4v) is 5.92. The highest BCUT2D eigenvalue weighted by molar-refractivity contribution is 7.91. The predicted molar refractivity (Wildman–Crippen MR) is 118 cm³/mol. The molecule has 2 aliphatic rings. The quantitative estimate of drug-likeness (QED) is 0.701. The minimum atomic E-state index is -2.96. The van der Waals surface area contributed by atoms with Crippen molar-refractivity contribution in [1.82, 2.24) is 9.80 Å². The summed E-state index contributed by atoms with van der Waals surface area (Å²) in [7, 11) is -2.96. The molecule has 2 saturated heterocycles. The molecule has 1 atom stereocenters. The molecule has 1 aromatic carbocycles. The fraction of sp³-hybridized carbons (Fsp3) is 0.650. The standard InChI is InChI=1S/C20H31N3O3S2/c1-16-5-3-6-19(17(16)2)21-20(27)23(18-7-14-28(24,25)15-18)9-4-8-22-10-12-26-13-11-22/h3,5-6,18H,4,7-15H2,1-2H3,(H,21,27)/t18-/m1/s1. The van der Waals surface area contributed by atoms with E-state index in [0.29, 0.717) is 11.5 Å². The third kappa shape index (κ3) is 5.65. The number of rotatable bonds is 6. The Balaban J connectivity index is 1.66. The first kappa shape index (κ1) is 21.5. The lowest BCUT2D eigenvalue weighted by atomic mass is 10.1. The van der Waals surface area contributed by atoms with Crippen LogP contribution in [0.2, 0.25) is 0 Å². The van der Waals surface area contributed by atoms with Gasteiger partial charge in [-0.1, -0.05) is 12.1 Å². The Kier molecular flexibility index (Phi) is 7.31. The van der Waals surface area contributed by atoms with E-state index in [1.54, 1.807) is 0 Å². The van der Waals surface area contributed by atoms with Crippen LogP contribution in [0.25, 0.3) is 0 Å². The molecule has 1 aromatic rings. The summed E-state index contributed by atoms with van der Waals surface area (Å²) in [5, 5.41) is 4.00. The molecule has 0 aromatic heterocycles. The maximum Gasteiger partial charge on any atom is 0.173 e. The molecular weight excluding hydrogens is 394 g/mol. The second-order valence-electron chi connectivity index (χ2n) is 7.74. The molecule has 1 N–H and O–H groups in total. The van der Waals surface area contributed by atoms with Crippen LogP contribution < -0.4 is 5.32 Å². The Hall–Kier alpha value is -1.22. The maximum absolute atomic E-state index is 12.0. The molecule has 2 heterocycles. The molecule has 6 nitrogen and oxygen atoms in total. The van der Waals surface area contributed by atoms with Crippen LogP contribution in [0.15, 0.2) is 18.2 Å². The molecule has 0 saturated carbocycles. The lowest BCUT2D eigenvalue weighted by Gasteiger charge is -2.33. The summed E-state index contributed by atoms with van der Waals surface area (Å²) in [6.45, 7) is 9.39. The molecule has 2 aliphatic heterocycles. The third-order valence-corrected chi connectivity index (χ3v) is 7.82. The Morgan fingerprint density at radius 1 is 1.32 bits per heavy atom. The normalized spacial score (nSPS) is 22.1. The van der Waals surface area contributed by atoms with Gasteiger partial charge in [-0.05, 0) is 56.1 Å². The third-order valence-electron chi connectivity index (χ3n) is 5.73. The van der Waals surface area contributed by atoms with Gasteiger partial charge in [0.15, 0.2) is 14.9 Å². The van der Waals surface area contributed by atoms with Crippen LogP contribution in [0.4, 0.5) is 5.69 Å². The average Bonchev–Trinajstić information content (AvgIpc) is 3.03. The number of hydrogen-bond acceptors (Lipinski definition) is 5. The first-order valence-electron chi connectivity index (χ1n) is 10.00. The Morgan fingerprint density at radius 2 is 2.07 bits per heavy atom. The van der Waals surface area contributed by atoms with E-state index in [1.807, 2.05) is 12.1 Å². The van der Waals surface area contributed by atoms with Crippen molar-refractivity contribution in [1.29, 1.82) is 0 Å². The van der Waals surface area contributed by atoms with E-state index in [0.717, 1.165) is 57.1 Å². The number of ether oxygens (including phenoxy) is 1. The van der Waals surface area contributed by atoms with Gasteiger partial charge in [-0.3, -0.25) is 4.90 Å². The molecule has 0 bridgehead atoms. The van der Waals surface area contributed by atoms with Crippen LogP contribution in [0.5, 0.6) is 0 Å². The van der Waals surface area contributed by atoms with Crippen LogP contribution in [0.1, 0.15) is 24.0 Å². The van der Waals surface area contributed by atoms with Crippen molar-refractivity contribution in [3.8, 4) is 0 Å². The molecule has 0 unspecified atom stereocenters. The number of aryl methyl sites for hydroxylation is 1.